The molecular weight excluding hydrogens is 212 g/mol. The lowest BCUT2D eigenvalue weighted by atomic mass is 10.2. The maximum atomic E-state index is 10.8. The minimum atomic E-state index is -0.119. The zero-order valence-corrected chi connectivity index (χ0v) is 9.51. The Morgan fingerprint density at radius 1 is 1.60 bits per heavy atom. The van der Waals surface area contributed by atoms with Gasteiger partial charge in [0.05, 0.1) is 0 Å². The van der Waals surface area contributed by atoms with E-state index in [0.29, 0.717) is 11.7 Å². The van der Waals surface area contributed by atoms with E-state index in [1.807, 2.05) is 25.1 Å². The summed E-state index contributed by atoms with van der Waals surface area (Å²) < 4.78 is 0. The molecule has 0 saturated carbocycles. The topological polar surface area (TPSA) is 42.0 Å². The van der Waals surface area contributed by atoms with Crippen molar-refractivity contribution in [3.63, 3.8) is 0 Å². The fraction of sp³-hybridized carbons (Fsp3) is 0.273. The van der Waals surface area contributed by atoms with Gasteiger partial charge in [0.2, 0.25) is 5.91 Å². The summed E-state index contributed by atoms with van der Waals surface area (Å²) in [5.41, 5.74) is 1.87. The van der Waals surface area contributed by atoms with Crippen molar-refractivity contribution in [1.29, 1.82) is 0 Å². The van der Waals surface area contributed by atoms with Crippen LogP contribution in [0.5, 0.6) is 0 Å². The molecule has 1 heterocycles. The van der Waals surface area contributed by atoms with E-state index in [-0.39, 0.29) is 5.91 Å². The van der Waals surface area contributed by atoms with Crippen LogP contribution in [0.1, 0.15) is 18.2 Å². The van der Waals surface area contributed by atoms with Gasteiger partial charge in [-0.15, -0.1) is 11.6 Å². The third-order valence-corrected chi connectivity index (χ3v) is 2.00. The predicted octanol–water partition coefficient (Wildman–Crippen LogP) is 2.60. The van der Waals surface area contributed by atoms with Gasteiger partial charge in [-0.1, -0.05) is 12.2 Å². The molecule has 1 N–H and O–H groups in total. The van der Waals surface area contributed by atoms with Gasteiger partial charge < -0.3 is 5.32 Å². The van der Waals surface area contributed by atoms with Crippen LogP contribution in [0.15, 0.2) is 18.2 Å². The highest BCUT2D eigenvalue weighted by Gasteiger charge is 2.00. The number of aromatic nitrogens is 1. The second-order valence-corrected chi connectivity index (χ2v) is 3.42. The van der Waals surface area contributed by atoms with E-state index in [2.05, 4.69) is 10.3 Å². The van der Waals surface area contributed by atoms with Crippen LogP contribution in [0.4, 0.5) is 5.82 Å². The molecule has 0 atom stereocenters. The van der Waals surface area contributed by atoms with Crippen molar-refractivity contribution >= 4 is 29.4 Å². The fourth-order valence-corrected chi connectivity index (χ4v) is 1.26. The van der Waals surface area contributed by atoms with Crippen molar-refractivity contribution in [2.24, 2.45) is 0 Å². The van der Waals surface area contributed by atoms with Gasteiger partial charge in [0.1, 0.15) is 5.82 Å². The normalized spacial score (nSPS) is 10.6. The van der Waals surface area contributed by atoms with Gasteiger partial charge in [0, 0.05) is 18.5 Å². The Balaban J connectivity index is 2.87. The molecule has 0 radical (unpaired) electrons. The molecule has 1 aromatic heterocycles. The van der Waals surface area contributed by atoms with Crippen LogP contribution in [0.3, 0.4) is 0 Å². The van der Waals surface area contributed by atoms with E-state index in [1.165, 1.54) is 6.92 Å². The Kier molecular flexibility index (Phi) is 4.31. The second kappa shape index (κ2) is 5.51. The molecule has 1 rings (SSSR count). The highest BCUT2D eigenvalue weighted by Crippen LogP contribution is 2.12. The standard InChI is InChI=1S/C11H13ClN2O/c1-8-10(4-3-7-12)5-6-11(13-8)14-9(2)15/h3-6H,7H2,1-2H3,(H,13,14,15). The fourth-order valence-electron chi connectivity index (χ4n) is 1.17. The number of pyridine rings is 1. The van der Waals surface area contributed by atoms with Crippen molar-refractivity contribution in [3.8, 4) is 0 Å². The first-order valence-corrected chi connectivity index (χ1v) is 5.14. The number of amides is 1. The third kappa shape index (κ3) is 3.72. The average molecular weight is 225 g/mol. The lowest BCUT2D eigenvalue weighted by molar-refractivity contribution is -0.114. The highest BCUT2D eigenvalue weighted by molar-refractivity contribution is 6.19. The molecule has 0 spiro atoms. The zero-order chi connectivity index (χ0) is 11.3. The summed E-state index contributed by atoms with van der Waals surface area (Å²) in [7, 11) is 0. The van der Waals surface area contributed by atoms with Crippen molar-refractivity contribution in [2.45, 2.75) is 13.8 Å². The molecule has 1 amide bonds. The number of carbonyl (C=O) groups is 1. The lowest BCUT2D eigenvalue weighted by Crippen LogP contribution is -2.08. The summed E-state index contributed by atoms with van der Waals surface area (Å²) in [5.74, 6) is 0.932. The van der Waals surface area contributed by atoms with Gasteiger partial charge >= 0.3 is 0 Å². The summed E-state index contributed by atoms with van der Waals surface area (Å²) in [6.45, 7) is 3.34. The summed E-state index contributed by atoms with van der Waals surface area (Å²) >= 11 is 5.54. The van der Waals surface area contributed by atoms with E-state index in [4.69, 9.17) is 11.6 Å². The maximum Gasteiger partial charge on any atom is 0.222 e. The molecule has 1 aromatic rings. The SMILES string of the molecule is CC(=O)Nc1ccc(C=CCCl)c(C)n1. The molecule has 0 aliphatic carbocycles. The molecular formula is C11H13ClN2O. The van der Waals surface area contributed by atoms with Crippen molar-refractivity contribution < 1.29 is 4.79 Å². The van der Waals surface area contributed by atoms with E-state index in [0.717, 1.165) is 11.3 Å². The second-order valence-electron chi connectivity index (χ2n) is 3.11. The van der Waals surface area contributed by atoms with Gasteiger partial charge in [0.15, 0.2) is 0 Å². The van der Waals surface area contributed by atoms with Gasteiger partial charge in [-0.3, -0.25) is 4.79 Å². The summed E-state index contributed by atoms with van der Waals surface area (Å²) in [6.07, 6.45) is 3.76. The van der Waals surface area contributed by atoms with Gasteiger partial charge in [-0.05, 0) is 24.6 Å². The number of hydrogen-bond acceptors (Lipinski definition) is 2. The van der Waals surface area contributed by atoms with E-state index in [1.54, 1.807) is 6.07 Å². The van der Waals surface area contributed by atoms with Gasteiger partial charge in [-0.2, -0.15) is 0 Å². The van der Waals surface area contributed by atoms with E-state index < -0.39 is 0 Å². The first-order chi connectivity index (χ1) is 7.13. The Morgan fingerprint density at radius 2 is 2.33 bits per heavy atom. The first-order valence-electron chi connectivity index (χ1n) is 4.61. The molecule has 0 aliphatic rings. The van der Waals surface area contributed by atoms with Crippen LogP contribution >= 0.6 is 11.6 Å². The molecule has 0 unspecified atom stereocenters. The zero-order valence-electron chi connectivity index (χ0n) is 8.75. The number of halogens is 1. The van der Waals surface area contributed by atoms with Crippen LogP contribution < -0.4 is 5.32 Å². The molecule has 3 nitrogen and oxygen atoms in total. The number of hydrogen-bond donors (Lipinski definition) is 1. The van der Waals surface area contributed by atoms with E-state index >= 15 is 0 Å². The predicted molar refractivity (Wildman–Crippen MR) is 63.0 cm³/mol. The molecule has 80 valence electrons. The van der Waals surface area contributed by atoms with Crippen LogP contribution in [0.2, 0.25) is 0 Å². The van der Waals surface area contributed by atoms with Crippen LogP contribution in [-0.4, -0.2) is 16.8 Å². The smallest absolute Gasteiger partial charge is 0.222 e. The summed E-state index contributed by atoms with van der Waals surface area (Å²) in [4.78, 5) is 15.0. The van der Waals surface area contributed by atoms with Crippen LogP contribution in [0, 0.1) is 6.92 Å². The molecule has 0 fully saturated rings. The number of alkyl halides is 1. The third-order valence-electron chi connectivity index (χ3n) is 1.82. The van der Waals surface area contributed by atoms with Gasteiger partial charge in [0.25, 0.3) is 0 Å². The van der Waals surface area contributed by atoms with E-state index in [9.17, 15) is 4.79 Å². The number of aryl methyl sites for hydroxylation is 1. The quantitative estimate of drug-likeness (QED) is 0.802. The summed E-state index contributed by atoms with van der Waals surface area (Å²) in [5, 5.41) is 2.63. The highest BCUT2D eigenvalue weighted by atomic mass is 35.5. The van der Waals surface area contributed by atoms with Crippen molar-refractivity contribution in [2.75, 3.05) is 11.2 Å². The Bertz CT molecular complexity index is 388. The molecule has 0 saturated heterocycles. The maximum absolute atomic E-state index is 10.8. The lowest BCUT2D eigenvalue weighted by Gasteiger charge is -2.04. The average Bonchev–Trinajstić information content (AvgIpc) is 2.15. The molecule has 0 bridgehead atoms. The number of allylic oxidation sites excluding steroid dienone is 1. The Labute approximate surface area is 94.2 Å². The Hall–Kier alpha value is -1.35. The first kappa shape index (κ1) is 11.7. The number of rotatable bonds is 3. The molecule has 15 heavy (non-hydrogen) atoms. The summed E-state index contributed by atoms with van der Waals surface area (Å²) in [6, 6.07) is 3.67. The molecule has 0 aliphatic heterocycles. The van der Waals surface area contributed by atoms with Gasteiger partial charge in [-0.25, -0.2) is 4.98 Å². The molecule has 4 heteroatoms. The number of anilines is 1. The number of nitrogens with one attached hydrogen (secondary N) is 1. The number of carbonyl (C=O) groups excluding carboxylic acids is 1. The largest absolute Gasteiger partial charge is 0.311 e. The number of nitrogens with zero attached hydrogens (tertiary/aromatic N) is 1. The van der Waals surface area contributed by atoms with Crippen molar-refractivity contribution in [3.05, 3.63) is 29.5 Å². The molecule has 0 aromatic carbocycles. The minimum absolute atomic E-state index is 0.119. The van der Waals surface area contributed by atoms with Crippen LogP contribution in [0.25, 0.3) is 6.08 Å². The van der Waals surface area contributed by atoms with Crippen LogP contribution in [-0.2, 0) is 4.79 Å². The van der Waals surface area contributed by atoms with Crippen molar-refractivity contribution in [1.82, 2.24) is 4.98 Å². The monoisotopic (exact) mass is 224 g/mol. The Morgan fingerprint density at radius 3 is 2.87 bits per heavy atom. The minimum Gasteiger partial charge on any atom is -0.311 e.